The molecule has 0 aliphatic rings. The molecule has 5 rings (SSSR count). The summed E-state index contributed by atoms with van der Waals surface area (Å²) in [6, 6.07) is 32.6. The summed E-state index contributed by atoms with van der Waals surface area (Å²) in [6.45, 7) is 0. The van der Waals surface area contributed by atoms with Gasteiger partial charge >= 0.3 is 5.97 Å². The molecule has 0 saturated heterocycles. The van der Waals surface area contributed by atoms with Crippen molar-refractivity contribution in [2.45, 2.75) is 0 Å². The van der Waals surface area contributed by atoms with E-state index in [1.807, 2.05) is 36.4 Å². The summed E-state index contributed by atoms with van der Waals surface area (Å²) in [4.78, 5) is 29.9. The lowest BCUT2D eigenvalue weighted by atomic mass is 10.0. The molecule has 0 spiro atoms. The molecule has 0 N–H and O–H groups in total. The van der Waals surface area contributed by atoms with Gasteiger partial charge in [0.15, 0.2) is 5.78 Å². The largest absolute Gasteiger partial charge is 0.423 e. The Morgan fingerprint density at radius 3 is 2.25 bits per heavy atom. The summed E-state index contributed by atoms with van der Waals surface area (Å²) in [5.41, 5.74) is 2.79. The Morgan fingerprint density at radius 2 is 1.44 bits per heavy atom. The summed E-state index contributed by atoms with van der Waals surface area (Å²) in [5.74, 6) is -0.587. The quantitative estimate of drug-likeness (QED) is 0.114. The van der Waals surface area contributed by atoms with Gasteiger partial charge in [-0.1, -0.05) is 48.5 Å². The zero-order valence-corrected chi connectivity index (χ0v) is 19.1. The van der Waals surface area contributed by atoms with Gasteiger partial charge in [0.1, 0.15) is 11.6 Å². The van der Waals surface area contributed by atoms with Crippen molar-refractivity contribution in [2.75, 3.05) is 0 Å². The third-order valence-corrected chi connectivity index (χ3v) is 5.68. The van der Waals surface area contributed by atoms with Crippen LogP contribution in [-0.2, 0) is 0 Å². The molecule has 0 radical (unpaired) electrons. The Kier molecular flexibility index (Phi) is 6.45. The molecule has 0 unspecified atom stereocenters. The lowest BCUT2D eigenvalue weighted by Gasteiger charge is -2.07. The van der Waals surface area contributed by atoms with E-state index in [4.69, 9.17) is 4.74 Å². The highest BCUT2D eigenvalue weighted by molar-refractivity contribution is 6.09. The van der Waals surface area contributed by atoms with Gasteiger partial charge in [-0.05, 0) is 83.1 Å². The molecule has 0 aliphatic carbocycles. The zero-order chi connectivity index (χ0) is 24.9. The summed E-state index contributed by atoms with van der Waals surface area (Å²) < 4.78 is 18.7. The number of hydrogen-bond donors (Lipinski definition) is 0. The van der Waals surface area contributed by atoms with E-state index < -0.39 is 5.97 Å². The second kappa shape index (κ2) is 10.2. The van der Waals surface area contributed by atoms with Crippen LogP contribution in [0.25, 0.3) is 10.8 Å². The van der Waals surface area contributed by atoms with E-state index in [9.17, 15) is 14.0 Å². The molecule has 0 aliphatic heterocycles. The van der Waals surface area contributed by atoms with Crippen molar-refractivity contribution in [1.29, 1.82) is 0 Å². The topological polar surface area (TPSA) is 55.7 Å². The monoisotopic (exact) mass is 473 g/mol. The molecular weight excluding hydrogens is 453 g/mol. The molecule has 0 atom stereocenters. The molecule has 0 heterocycles. The molecule has 0 aromatic heterocycles. The van der Waals surface area contributed by atoms with E-state index in [-0.39, 0.29) is 11.6 Å². The fraction of sp³-hybridized carbons (Fsp3) is 0. The van der Waals surface area contributed by atoms with Crippen LogP contribution < -0.4 is 4.74 Å². The normalized spacial score (nSPS) is 11.0. The first-order valence-corrected chi connectivity index (χ1v) is 11.3. The Morgan fingerprint density at radius 1 is 0.722 bits per heavy atom. The lowest BCUT2D eigenvalue weighted by Crippen LogP contribution is -2.09. The Hall–Kier alpha value is -4.90. The number of halogens is 1. The number of benzene rings is 5. The molecular formula is C31H20FNO3. The van der Waals surface area contributed by atoms with Crippen molar-refractivity contribution in [3.8, 4) is 5.75 Å². The molecule has 0 bridgehead atoms. The number of ketones is 1. The molecule has 5 aromatic rings. The number of aliphatic imine (C=N–C) groups is 1. The molecule has 5 aromatic carbocycles. The second-order valence-electron chi connectivity index (χ2n) is 8.13. The number of fused-ring (bicyclic) bond motifs is 1. The van der Waals surface area contributed by atoms with Crippen LogP contribution in [0, 0.1) is 5.82 Å². The van der Waals surface area contributed by atoms with E-state index in [1.54, 1.807) is 60.8 Å². The van der Waals surface area contributed by atoms with Crippen LogP contribution in [0.15, 0.2) is 120 Å². The minimum Gasteiger partial charge on any atom is -0.423 e. The molecule has 4 nitrogen and oxygen atoms in total. The average molecular weight is 474 g/mol. The van der Waals surface area contributed by atoms with E-state index >= 15 is 0 Å². The molecule has 0 amide bonds. The smallest absolute Gasteiger partial charge is 0.344 e. The summed E-state index contributed by atoms with van der Waals surface area (Å²) in [7, 11) is 0. The van der Waals surface area contributed by atoms with E-state index in [1.165, 1.54) is 24.3 Å². The third kappa shape index (κ3) is 5.10. The highest BCUT2D eigenvalue weighted by Crippen LogP contribution is 2.22. The van der Waals surface area contributed by atoms with Gasteiger partial charge in [0.2, 0.25) is 0 Å². The highest BCUT2D eigenvalue weighted by Gasteiger charge is 2.12. The van der Waals surface area contributed by atoms with Crippen LogP contribution in [0.1, 0.15) is 31.8 Å². The van der Waals surface area contributed by atoms with Crippen molar-refractivity contribution >= 4 is 34.4 Å². The minimum absolute atomic E-state index is 0.204. The summed E-state index contributed by atoms with van der Waals surface area (Å²) in [5, 5.41) is 1.82. The number of esters is 1. The van der Waals surface area contributed by atoms with Gasteiger partial charge in [0, 0.05) is 17.3 Å². The number of carbonyl (C=O) groups is 2. The number of ether oxygens (including phenoxy) is 1. The fourth-order valence-corrected chi connectivity index (χ4v) is 3.83. The maximum atomic E-state index is 13.1. The van der Waals surface area contributed by atoms with E-state index in [0.29, 0.717) is 28.1 Å². The number of rotatable bonds is 6. The van der Waals surface area contributed by atoms with Crippen LogP contribution in [0.3, 0.4) is 0 Å². The van der Waals surface area contributed by atoms with Crippen LogP contribution >= 0.6 is 0 Å². The molecule has 174 valence electrons. The van der Waals surface area contributed by atoms with Crippen molar-refractivity contribution in [2.24, 2.45) is 4.99 Å². The number of nitrogens with zero attached hydrogens (tertiary/aromatic N) is 1. The molecule has 36 heavy (non-hydrogen) atoms. The highest BCUT2D eigenvalue weighted by atomic mass is 19.1. The SMILES string of the molecule is O=C(c1ccc(F)cc1)c1cccc(N=Cc2ccc(OC(=O)c3cccc4ccccc34)cc2)c1. The predicted octanol–water partition coefficient (Wildman–Crippen LogP) is 7.18. The molecule has 0 fully saturated rings. The first kappa shape index (κ1) is 22.9. The summed E-state index contributed by atoms with van der Waals surface area (Å²) >= 11 is 0. The second-order valence-corrected chi connectivity index (χ2v) is 8.13. The molecule has 0 saturated carbocycles. The first-order valence-electron chi connectivity index (χ1n) is 11.3. The van der Waals surface area contributed by atoms with Gasteiger partial charge in [-0.3, -0.25) is 9.79 Å². The van der Waals surface area contributed by atoms with Gasteiger partial charge < -0.3 is 4.74 Å². The van der Waals surface area contributed by atoms with Crippen LogP contribution in [0.4, 0.5) is 10.1 Å². The van der Waals surface area contributed by atoms with Crippen molar-refractivity contribution in [3.05, 3.63) is 143 Å². The molecule has 5 heteroatoms. The van der Waals surface area contributed by atoms with Gasteiger partial charge in [0.25, 0.3) is 0 Å². The minimum atomic E-state index is -0.421. The first-order chi connectivity index (χ1) is 17.6. The standard InChI is InChI=1S/C31H20FNO3/c32-25-15-13-23(14-16-25)30(34)24-7-3-8-26(19-24)33-20-21-11-17-27(18-12-21)36-31(35)29-10-4-6-22-5-1-2-9-28(22)29/h1-20H. The van der Waals surface area contributed by atoms with Crippen molar-refractivity contribution in [3.63, 3.8) is 0 Å². The van der Waals surface area contributed by atoms with Crippen LogP contribution in [-0.4, -0.2) is 18.0 Å². The van der Waals surface area contributed by atoms with Gasteiger partial charge in [0.05, 0.1) is 11.3 Å². The van der Waals surface area contributed by atoms with Crippen LogP contribution in [0.2, 0.25) is 0 Å². The third-order valence-electron chi connectivity index (χ3n) is 5.68. The van der Waals surface area contributed by atoms with Gasteiger partial charge in [-0.15, -0.1) is 0 Å². The predicted molar refractivity (Wildman–Crippen MR) is 139 cm³/mol. The van der Waals surface area contributed by atoms with E-state index in [0.717, 1.165) is 16.3 Å². The Balaban J connectivity index is 1.27. The average Bonchev–Trinajstić information content (AvgIpc) is 2.92. The van der Waals surface area contributed by atoms with Crippen molar-refractivity contribution < 1.29 is 18.7 Å². The maximum absolute atomic E-state index is 13.1. The Bertz CT molecular complexity index is 1580. The van der Waals surface area contributed by atoms with Crippen molar-refractivity contribution in [1.82, 2.24) is 0 Å². The van der Waals surface area contributed by atoms with Gasteiger partial charge in [-0.25, -0.2) is 9.18 Å². The number of hydrogen-bond acceptors (Lipinski definition) is 4. The lowest BCUT2D eigenvalue weighted by molar-refractivity contribution is 0.0736. The zero-order valence-electron chi connectivity index (χ0n) is 19.1. The fourth-order valence-electron chi connectivity index (χ4n) is 3.83. The number of carbonyl (C=O) groups excluding carboxylic acids is 2. The summed E-state index contributed by atoms with van der Waals surface area (Å²) in [6.07, 6.45) is 1.66. The van der Waals surface area contributed by atoms with E-state index in [2.05, 4.69) is 4.99 Å². The Labute approximate surface area is 207 Å². The van der Waals surface area contributed by atoms with Gasteiger partial charge in [-0.2, -0.15) is 0 Å². The van der Waals surface area contributed by atoms with Crippen LogP contribution in [0.5, 0.6) is 5.75 Å². The maximum Gasteiger partial charge on any atom is 0.344 e.